The highest BCUT2D eigenvalue weighted by atomic mass is 79.9. The molecule has 20 heavy (non-hydrogen) atoms. The van der Waals surface area contributed by atoms with Crippen LogP contribution in [0.15, 0.2) is 18.2 Å². The van der Waals surface area contributed by atoms with Crippen molar-refractivity contribution in [1.29, 1.82) is 0 Å². The Morgan fingerprint density at radius 2 is 1.95 bits per heavy atom. The van der Waals surface area contributed by atoms with E-state index in [1.54, 1.807) is 0 Å². The molecule has 2 rings (SSSR count). The van der Waals surface area contributed by atoms with Crippen molar-refractivity contribution in [2.24, 2.45) is 17.3 Å². The first-order valence-corrected chi connectivity index (χ1v) is 8.29. The summed E-state index contributed by atoms with van der Waals surface area (Å²) >= 11 is 3.81. The van der Waals surface area contributed by atoms with E-state index in [9.17, 15) is 8.78 Å². The molecule has 0 aromatic heterocycles. The van der Waals surface area contributed by atoms with Gasteiger partial charge in [-0.15, -0.1) is 0 Å². The molecule has 0 saturated heterocycles. The van der Waals surface area contributed by atoms with Crippen molar-refractivity contribution >= 4 is 15.9 Å². The van der Waals surface area contributed by atoms with Crippen molar-refractivity contribution in [3.05, 3.63) is 35.4 Å². The van der Waals surface area contributed by atoms with Crippen molar-refractivity contribution in [3.63, 3.8) is 0 Å². The topological polar surface area (TPSA) is 0 Å². The van der Waals surface area contributed by atoms with Gasteiger partial charge in [0.25, 0.3) is 0 Å². The lowest BCUT2D eigenvalue weighted by molar-refractivity contribution is 0.145. The van der Waals surface area contributed by atoms with Gasteiger partial charge in [0, 0.05) is 4.83 Å². The molecule has 0 amide bonds. The number of hydrogen-bond acceptors (Lipinski definition) is 0. The van der Waals surface area contributed by atoms with Crippen LogP contribution in [0.3, 0.4) is 0 Å². The minimum Gasteiger partial charge on any atom is -0.207 e. The smallest absolute Gasteiger partial charge is 0.126 e. The first-order chi connectivity index (χ1) is 9.29. The molecule has 0 spiro atoms. The van der Waals surface area contributed by atoms with E-state index >= 15 is 0 Å². The van der Waals surface area contributed by atoms with Gasteiger partial charge in [-0.05, 0) is 60.3 Å². The number of benzene rings is 1. The Hall–Kier alpha value is -0.440. The fourth-order valence-electron chi connectivity index (χ4n) is 3.49. The second kappa shape index (κ2) is 6.13. The molecular weight excluding hydrogens is 322 g/mol. The molecule has 0 radical (unpaired) electrons. The fraction of sp³-hybridized carbons (Fsp3) is 0.647. The van der Waals surface area contributed by atoms with Gasteiger partial charge in [-0.3, -0.25) is 0 Å². The van der Waals surface area contributed by atoms with Crippen molar-refractivity contribution in [1.82, 2.24) is 0 Å². The summed E-state index contributed by atoms with van der Waals surface area (Å²) in [5.74, 6) is 0.596. The van der Waals surface area contributed by atoms with Gasteiger partial charge in [-0.1, -0.05) is 43.1 Å². The van der Waals surface area contributed by atoms with E-state index in [2.05, 4.69) is 36.7 Å². The fourth-order valence-corrected chi connectivity index (χ4v) is 5.11. The second-order valence-corrected chi connectivity index (χ2v) is 8.12. The van der Waals surface area contributed by atoms with Crippen LogP contribution in [0.5, 0.6) is 0 Å². The van der Waals surface area contributed by atoms with Crippen LogP contribution in [-0.2, 0) is 6.42 Å². The number of hydrogen-bond donors (Lipinski definition) is 0. The van der Waals surface area contributed by atoms with Crippen molar-refractivity contribution in [2.45, 2.75) is 51.3 Å². The molecule has 1 aliphatic rings. The molecule has 0 heterocycles. The van der Waals surface area contributed by atoms with Gasteiger partial charge in [0.15, 0.2) is 0 Å². The van der Waals surface area contributed by atoms with Gasteiger partial charge in [-0.2, -0.15) is 0 Å². The van der Waals surface area contributed by atoms with E-state index in [0.29, 0.717) is 22.7 Å². The lowest BCUT2D eigenvalue weighted by Crippen LogP contribution is -2.37. The Morgan fingerprint density at radius 1 is 1.25 bits per heavy atom. The van der Waals surface area contributed by atoms with E-state index in [1.165, 1.54) is 31.0 Å². The van der Waals surface area contributed by atoms with Crippen LogP contribution in [0.1, 0.15) is 45.6 Å². The lowest BCUT2D eigenvalue weighted by Gasteiger charge is -2.42. The molecule has 112 valence electrons. The van der Waals surface area contributed by atoms with E-state index in [0.717, 1.165) is 12.3 Å². The highest BCUT2D eigenvalue weighted by Gasteiger charge is 2.38. The highest BCUT2D eigenvalue weighted by Crippen LogP contribution is 2.45. The summed E-state index contributed by atoms with van der Waals surface area (Å²) in [4.78, 5) is 0.470. The average molecular weight is 345 g/mol. The predicted molar refractivity (Wildman–Crippen MR) is 83.1 cm³/mol. The quantitative estimate of drug-likeness (QED) is 0.614. The Kier molecular flexibility index (Phi) is 4.88. The Bertz CT molecular complexity index is 470. The summed E-state index contributed by atoms with van der Waals surface area (Å²) in [5.41, 5.74) is 0.455. The van der Waals surface area contributed by atoms with E-state index in [4.69, 9.17) is 0 Å². The molecule has 0 aliphatic heterocycles. The van der Waals surface area contributed by atoms with Crippen LogP contribution in [0, 0.1) is 28.9 Å². The van der Waals surface area contributed by atoms with Crippen LogP contribution in [0.25, 0.3) is 0 Å². The molecule has 0 N–H and O–H groups in total. The summed E-state index contributed by atoms with van der Waals surface area (Å²) in [6.07, 6.45) is 4.13. The Morgan fingerprint density at radius 3 is 2.60 bits per heavy atom. The average Bonchev–Trinajstić information content (AvgIpc) is 2.33. The molecule has 3 heteroatoms. The number of rotatable bonds is 3. The first kappa shape index (κ1) is 15.9. The normalized spacial score (nSPS) is 27.6. The predicted octanol–water partition coefficient (Wildman–Crippen LogP) is 5.73. The number of halogens is 3. The lowest BCUT2D eigenvalue weighted by atomic mass is 9.66. The minimum absolute atomic E-state index is 0.0388. The van der Waals surface area contributed by atoms with E-state index < -0.39 is 0 Å². The maximum absolute atomic E-state index is 13.8. The van der Waals surface area contributed by atoms with E-state index in [1.807, 2.05) is 0 Å². The van der Waals surface area contributed by atoms with Gasteiger partial charge in [0.2, 0.25) is 0 Å². The number of alkyl halides is 1. The molecule has 0 bridgehead atoms. The summed E-state index contributed by atoms with van der Waals surface area (Å²) < 4.78 is 27.2. The monoisotopic (exact) mass is 344 g/mol. The molecule has 0 nitrogen and oxygen atoms in total. The Balaban J connectivity index is 2.16. The van der Waals surface area contributed by atoms with Crippen LogP contribution in [0.2, 0.25) is 0 Å². The van der Waals surface area contributed by atoms with Gasteiger partial charge in [0.05, 0.1) is 0 Å². The van der Waals surface area contributed by atoms with Crippen molar-refractivity contribution in [3.8, 4) is 0 Å². The highest BCUT2D eigenvalue weighted by molar-refractivity contribution is 9.09. The van der Waals surface area contributed by atoms with Gasteiger partial charge < -0.3 is 0 Å². The van der Waals surface area contributed by atoms with Gasteiger partial charge >= 0.3 is 0 Å². The maximum Gasteiger partial charge on any atom is 0.126 e. The third kappa shape index (κ3) is 3.60. The van der Waals surface area contributed by atoms with Crippen LogP contribution in [-0.4, -0.2) is 4.83 Å². The zero-order valence-electron chi connectivity index (χ0n) is 12.4. The molecule has 1 aliphatic carbocycles. The zero-order chi connectivity index (χ0) is 14.9. The molecule has 1 saturated carbocycles. The summed E-state index contributed by atoms with van der Waals surface area (Å²) in [5, 5.41) is 0. The first-order valence-electron chi connectivity index (χ1n) is 7.37. The molecular formula is C17H23BrF2. The molecule has 1 fully saturated rings. The van der Waals surface area contributed by atoms with Crippen LogP contribution in [0.4, 0.5) is 8.78 Å². The standard InChI is InChI=1S/C17H23BrF2/c1-11-4-6-14(15(18)8-11)17(2,3)10-12-9-13(19)5-7-16(12)20/h5,7,9,11,14-15H,4,6,8,10H2,1-3H3. The Labute approximate surface area is 129 Å². The van der Waals surface area contributed by atoms with E-state index in [-0.39, 0.29) is 17.0 Å². The summed E-state index contributed by atoms with van der Waals surface area (Å²) in [7, 11) is 0. The van der Waals surface area contributed by atoms with Gasteiger partial charge in [0.1, 0.15) is 11.6 Å². The van der Waals surface area contributed by atoms with Crippen molar-refractivity contribution in [2.75, 3.05) is 0 Å². The third-order valence-corrected chi connectivity index (χ3v) is 5.70. The maximum atomic E-state index is 13.8. The largest absolute Gasteiger partial charge is 0.207 e. The SMILES string of the molecule is CC1CCC(C(C)(C)Cc2cc(F)ccc2F)C(Br)C1. The van der Waals surface area contributed by atoms with Gasteiger partial charge in [-0.25, -0.2) is 8.78 Å². The minimum atomic E-state index is -0.357. The summed E-state index contributed by atoms with van der Waals surface area (Å²) in [6.45, 7) is 6.63. The second-order valence-electron chi connectivity index (χ2n) is 6.94. The molecule has 1 aromatic carbocycles. The molecule has 3 atom stereocenters. The molecule has 1 aromatic rings. The van der Waals surface area contributed by atoms with Crippen LogP contribution >= 0.6 is 15.9 Å². The molecule has 3 unspecified atom stereocenters. The zero-order valence-corrected chi connectivity index (χ0v) is 14.0. The van der Waals surface area contributed by atoms with Crippen LogP contribution < -0.4 is 0 Å². The summed E-state index contributed by atoms with van der Waals surface area (Å²) in [6, 6.07) is 3.75. The third-order valence-electron chi connectivity index (χ3n) is 4.69. The van der Waals surface area contributed by atoms with Crippen molar-refractivity contribution < 1.29 is 8.78 Å².